The van der Waals surface area contributed by atoms with Crippen LogP contribution < -0.4 is 5.73 Å². The number of aromatic nitrogens is 6. The van der Waals surface area contributed by atoms with E-state index in [9.17, 15) is 0 Å². The number of aryl methyl sites for hydroxylation is 1. The van der Waals surface area contributed by atoms with Gasteiger partial charge >= 0.3 is 0 Å². The highest BCUT2D eigenvalue weighted by Gasteiger charge is 2.13. The van der Waals surface area contributed by atoms with Crippen molar-refractivity contribution in [2.75, 3.05) is 5.73 Å². The fraction of sp³-hybridized carbons (Fsp3) is 0.167. The molecule has 3 aromatic heterocycles. The normalized spacial score (nSPS) is 11.7. The molecule has 20 heavy (non-hydrogen) atoms. The number of benzene rings is 1. The zero-order chi connectivity index (χ0) is 13.7. The highest BCUT2D eigenvalue weighted by molar-refractivity contribution is 7.20. The van der Waals surface area contributed by atoms with Crippen LogP contribution in [0.25, 0.3) is 16.0 Å². The number of hydrogen-bond donors (Lipinski definition) is 1. The van der Waals surface area contributed by atoms with Crippen molar-refractivity contribution in [3.63, 3.8) is 0 Å². The lowest BCUT2D eigenvalue weighted by Gasteiger charge is -2.04. The van der Waals surface area contributed by atoms with Gasteiger partial charge in [0, 0.05) is 0 Å². The molecule has 0 aliphatic rings. The summed E-state index contributed by atoms with van der Waals surface area (Å²) in [5.41, 5.74) is 7.75. The van der Waals surface area contributed by atoms with Crippen LogP contribution in [0.2, 0.25) is 0 Å². The Morgan fingerprint density at radius 1 is 1.25 bits per heavy atom. The summed E-state index contributed by atoms with van der Waals surface area (Å²) < 4.78 is 3.79. The molecule has 0 bridgehead atoms. The maximum absolute atomic E-state index is 5.70. The Morgan fingerprint density at radius 2 is 2.10 bits per heavy atom. The number of para-hydroxylation sites is 2. The molecule has 1 aromatic carbocycles. The summed E-state index contributed by atoms with van der Waals surface area (Å²) in [7, 11) is 0. The first kappa shape index (κ1) is 11.4. The van der Waals surface area contributed by atoms with Crippen LogP contribution in [0.5, 0.6) is 0 Å². The fourth-order valence-electron chi connectivity index (χ4n) is 2.31. The van der Waals surface area contributed by atoms with Crippen LogP contribution in [0.3, 0.4) is 0 Å². The molecular formula is C12H11N7S. The Morgan fingerprint density at radius 3 is 3.00 bits per heavy atom. The van der Waals surface area contributed by atoms with E-state index in [1.54, 1.807) is 4.52 Å². The van der Waals surface area contributed by atoms with Gasteiger partial charge in [0.15, 0.2) is 5.82 Å². The van der Waals surface area contributed by atoms with Gasteiger partial charge in [-0.05, 0) is 19.1 Å². The molecule has 0 saturated carbocycles. The average Bonchev–Trinajstić information content (AvgIpc) is 3.05. The summed E-state index contributed by atoms with van der Waals surface area (Å²) in [6.07, 6.45) is 0. The van der Waals surface area contributed by atoms with Crippen molar-refractivity contribution in [2.45, 2.75) is 13.5 Å². The average molecular weight is 285 g/mol. The zero-order valence-corrected chi connectivity index (χ0v) is 11.5. The van der Waals surface area contributed by atoms with Crippen LogP contribution in [-0.2, 0) is 6.54 Å². The van der Waals surface area contributed by atoms with E-state index in [1.165, 1.54) is 11.3 Å². The maximum atomic E-state index is 5.70. The summed E-state index contributed by atoms with van der Waals surface area (Å²) in [5.74, 6) is 1.69. The fourth-order valence-corrected chi connectivity index (χ4v) is 2.93. The van der Waals surface area contributed by atoms with Crippen molar-refractivity contribution in [3.05, 3.63) is 35.9 Å². The largest absolute Gasteiger partial charge is 0.374 e. The number of imidazole rings is 1. The molecule has 0 aliphatic heterocycles. The van der Waals surface area contributed by atoms with Gasteiger partial charge in [0.2, 0.25) is 10.1 Å². The molecule has 100 valence electrons. The summed E-state index contributed by atoms with van der Waals surface area (Å²) in [6.45, 7) is 2.55. The van der Waals surface area contributed by atoms with Gasteiger partial charge in [0.05, 0.1) is 17.6 Å². The maximum Gasteiger partial charge on any atom is 0.236 e. The van der Waals surface area contributed by atoms with E-state index >= 15 is 0 Å². The lowest BCUT2D eigenvalue weighted by atomic mass is 10.3. The lowest BCUT2D eigenvalue weighted by molar-refractivity contribution is 0.707. The molecule has 8 heteroatoms. The molecule has 0 saturated heterocycles. The summed E-state index contributed by atoms with van der Waals surface area (Å²) in [4.78, 5) is 5.25. The highest BCUT2D eigenvalue weighted by Crippen LogP contribution is 2.19. The van der Waals surface area contributed by atoms with Crippen LogP contribution in [0.4, 0.5) is 5.13 Å². The van der Waals surface area contributed by atoms with Crippen LogP contribution in [-0.4, -0.2) is 29.4 Å². The number of nitrogen functional groups attached to an aromatic ring is 1. The molecule has 0 unspecified atom stereocenters. The molecule has 0 fully saturated rings. The molecule has 0 radical (unpaired) electrons. The van der Waals surface area contributed by atoms with Crippen LogP contribution in [0, 0.1) is 6.92 Å². The number of nitrogens with zero attached hydrogens (tertiary/aromatic N) is 6. The topological polar surface area (TPSA) is 86.9 Å². The van der Waals surface area contributed by atoms with Crippen molar-refractivity contribution in [1.29, 1.82) is 0 Å². The molecule has 0 atom stereocenters. The Bertz CT molecular complexity index is 916. The second-order valence-corrected chi connectivity index (χ2v) is 5.47. The van der Waals surface area contributed by atoms with E-state index in [1.807, 2.05) is 31.2 Å². The minimum atomic E-state index is 0.489. The van der Waals surface area contributed by atoms with Crippen LogP contribution in [0.1, 0.15) is 11.6 Å². The van der Waals surface area contributed by atoms with Crippen molar-refractivity contribution in [3.8, 4) is 0 Å². The Hall–Kier alpha value is -2.48. The Kier molecular flexibility index (Phi) is 2.27. The predicted molar refractivity (Wildman–Crippen MR) is 76.6 cm³/mol. The lowest BCUT2D eigenvalue weighted by Crippen LogP contribution is -2.06. The first-order valence-corrected chi connectivity index (χ1v) is 6.92. The molecule has 4 aromatic rings. The predicted octanol–water partition coefficient (Wildman–Crippen LogP) is 1.47. The number of fused-ring (bicyclic) bond motifs is 2. The van der Waals surface area contributed by atoms with Gasteiger partial charge in [-0.2, -0.15) is 4.52 Å². The smallest absolute Gasteiger partial charge is 0.236 e. The first-order chi connectivity index (χ1) is 9.72. The molecule has 7 nitrogen and oxygen atoms in total. The number of rotatable bonds is 2. The molecular weight excluding hydrogens is 274 g/mol. The van der Waals surface area contributed by atoms with Crippen LogP contribution >= 0.6 is 11.3 Å². The van der Waals surface area contributed by atoms with Gasteiger partial charge in [-0.1, -0.05) is 23.5 Å². The number of anilines is 1. The highest BCUT2D eigenvalue weighted by atomic mass is 32.1. The van der Waals surface area contributed by atoms with Gasteiger partial charge in [0.25, 0.3) is 0 Å². The summed E-state index contributed by atoms with van der Waals surface area (Å²) in [5, 5.41) is 13.0. The van der Waals surface area contributed by atoms with Gasteiger partial charge in [0.1, 0.15) is 5.82 Å². The number of hydrogen-bond acceptors (Lipinski definition) is 6. The third kappa shape index (κ3) is 1.58. The number of nitrogens with two attached hydrogens (primary N) is 1. The summed E-state index contributed by atoms with van der Waals surface area (Å²) >= 11 is 1.32. The van der Waals surface area contributed by atoms with E-state index in [0.717, 1.165) is 22.7 Å². The first-order valence-electron chi connectivity index (χ1n) is 6.11. The third-order valence-corrected chi connectivity index (χ3v) is 3.94. The standard InChI is InChI=1S/C12H11N7S/c1-7-14-8-4-2-3-5-9(8)18(7)6-10-15-16-12-19(10)17-11(13)20-12/h2-5H,6H2,1H3,(H2,13,17). The van der Waals surface area contributed by atoms with Crippen molar-refractivity contribution in [1.82, 2.24) is 29.4 Å². The molecule has 0 aliphatic carbocycles. The monoisotopic (exact) mass is 285 g/mol. The Labute approximate surface area is 117 Å². The van der Waals surface area contributed by atoms with E-state index in [4.69, 9.17) is 5.73 Å². The van der Waals surface area contributed by atoms with E-state index in [0.29, 0.717) is 16.6 Å². The third-order valence-electron chi connectivity index (χ3n) is 3.22. The molecule has 0 spiro atoms. The second-order valence-electron chi connectivity index (χ2n) is 4.48. The van der Waals surface area contributed by atoms with E-state index in [-0.39, 0.29) is 0 Å². The van der Waals surface area contributed by atoms with E-state index < -0.39 is 0 Å². The van der Waals surface area contributed by atoms with Gasteiger partial charge in [-0.3, -0.25) is 0 Å². The van der Waals surface area contributed by atoms with E-state index in [2.05, 4.69) is 24.8 Å². The van der Waals surface area contributed by atoms with Gasteiger partial charge in [-0.25, -0.2) is 4.98 Å². The van der Waals surface area contributed by atoms with Gasteiger partial charge < -0.3 is 10.3 Å². The SMILES string of the molecule is Cc1nc2ccccc2n1Cc1nnc2sc(N)nn12. The Balaban J connectivity index is 1.86. The van der Waals surface area contributed by atoms with Crippen molar-refractivity contribution in [2.24, 2.45) is 0 Å². The zero-order valence-electron chi connectivity index (χ0n) is 10.7. The molecule has 4 rings (SSSR count). The summed E-state index contributed by atoms with van der Waals surface area (Å²) in [6, 6.07) is 8.03. The molecule has 0 amide bonds. The molecule has 3 heterocycles. The van der Waals surface area contributed by atoms with Crippen molar-refractivity contribution < 1.29 is 0 Å². The van der Waals surface area contributed by atoms with Gasteiger partial charge in [-0.15, -0.1) is 15.3 Å². The quantitative estimate of drug-likeness (QED) is 0.602. The second kappa shape index (κ2) is 4.01. The minimum absolute atomic E-state index is 0.489. The molecule has 2 N–H and O–H groups in total. The minimum Gasteiger partial charge on any atom is -0.374 e. The van der Waals surface area contributed by atoms with Crippen molar-refractivity contribution >= 4 is 32.5 Å². The van der Waals surface area contributed by atoms with Crippen LogP contribution in [0.15, 0.2) is 24.3 Å².